The van der Waals surface area contributed by atoms with Crippen LogP contribution in [-0.2, 0) is 11.2 Å². The van der Waals surface area contributed by atoms with Crippen LogP contribution in [0, 0.1) is 6.92 Å². The summed E-state index contributed by atoms with van der Waals surface area (Å²) < 4.78 is 5.26. The molecule has 120 valence electrons. The molecule has 23 heavy (non-hydrogen) atoms. The Morgan fingerprint density at radius 3 is 2.52 bits per heavy atom. The van der Waals surface area contributed by atoms with E-state index >= 15 is 0 Å². The second kappa shape index (κ2) is 7.29. The Hall–Kier alpha value is -2.33. The molecule has 1 amide bonds. The van der Waals surface area contributed by atoms with Gasteiger partial charge < -0.3 is 10.1 Å². The summed E-state index contributed by atoms with van der Waals surface area (Å²) in [6, 6.07) is 10.3. The van der Waals surface area contributed by atoms with Gasteiger partial charge in [-0.2, -0.15) is 0 Å². The van der Waals surface area contributed by atoms with Gasteiger partial charge in [-0.25, -0.2) is 0 Å². The Labute approximate surface area is 140 Å². The van der Waals surface area contributed by atoms with Gasteiger partial charge in [-0.3, -0.25) is 9.59 Å². The maximum atomic E-state index is 12.3. The van der Waals surface area contributed by atoms with Crippen molar-refractivity contribution in [2.24, 2.45) is 0 Å². The molecule has 0 unspecified atom stereocenters. The zero-order valence-electron chi connectivity index (χ0n) is 13.3. The first-order valence-corrected chi connectivity index (χ1v) is 7.52. The number of halogens is 1. The molecular weight excluding hydrogens is 314 g/mol. The number of ketones is 1. The molecule has 0 atom stereocenters. The van der Waals surface area contributed by atoms with Gasteiger partial charge in [0.05, 0.1) is 13.5 Å². The largest absolute Gasteiger partial charge is 0.496 e. The van der Waals surface area contributed by atoms with Gasteiger partial charge >= 0.3 is 0 Å². The molecular formula is C18H18ClNO3. The Kier molecular flexibility index (Phi) is 5.40. The van der Waals surface area contributed by atoms with Crippen molar-refractivity contribution in [3.05, 3.63) is 58.1 Å². The van der Waals surface area contributed by atoms with E-state index < -0.39 is 0 Å². The molecule has 0 bridgehead atoms. The van der Waals surface area contributed by atoms with E-state index in [0.29, 0.717) is 27.6 Å². The summed E-state index contributed by atoms with van der Waals surface area (Å²) >= 11 is 5.91. The highest BCUT2D eigenvalue weighted by molar-refractivity contribution is 6.30. The van der Waals surface area contributed by atoms with E-state index in [2.05, 4.69) is 5.32 Å². The van der Waals surface area contributed by atoms with Gasteiger partial charge in [0, 0.05) is 21.8 Å². The number of hydrogen-bond donors (Lipinski definition) is 1. The molecule has 0 heterocycles. The van der Waals surface area contributed by atoms with Crippen LogP contribution in [0.4, 0.5) is 5.69 Å². The van der Waals surface area contributed by atoms with Gasteiger partial charge in [-0.05, 0) is 55.8 Å². The summed E-state index contributed by atoms with van der Waals surface area (Å²) in [5, 5.41) is 3.47. The van der Waals surface area contributed by atoms with E-state index in [9.17, 15) is 9.59 Å². The molecule has 2 rings (SSSR count). The first-order chi connectivity index (χ1) is 10.9. The lowest BCUT2D eigenvalue weighted by Gasteiger charge is -2.12. The number of carbonyl (C=O) groups is 2. The number of aryl methyl sites for hydroxylation is 1. The van der Waals surface area contributed by atoms with Crippen molar-refractivity contribution in [1.29, 1.82) is 0 Å². The maximum Gasteiger partial charge on any atom is 0.228 e. The Bertz CT molecular complexity index is 756. The van der Waals surface area contributed by atoms with E-state index in [0.717, 1.165) is 5.56 Å². The molecule has 0 saturated carbocycles. The summed E-state index contributed by atoms with van der Waals surface area (Å²) in [5.74, 6) is 0.343. The molecule has 0 aromatic heterocycles. The van der Waals surface area contributed by atoms with Gasteiger partial charge in [0.1, 0.15) is 5.75 Å². The fraction of sp³-hybridized carbons (Fsp3) is 0.222. The monoisotopic (exact) mass is 331 g/mol. The van der Waals surface area contributed by atoms with Crippen LogP contribution in [0.15, 0.2) is 36.4 Å². The number of benzene rings is 2. The van der Waals surface area contributed by atoms with Crippen molar-refractivity contribution >= 4 is 29.0 Å². The van der Waals surface area contributed by atoms with Crippen molar-refractivity contribution in [3.63, 3.8) is 0 Å². The third-order valence-electron chi connectivity index (χ3n) is 3.50. The van der Waals surface area contributed by atoms with E-state index in [1.165, 1.54) is 14.0 Å². The second-order valence-electron chi connectivity index (χ2n) is 5.27. The SMILES string of the molecule is COc1ccc(C(C)=O)cc1CC(=O)Nc1ccc(Cl)cc1C. The molecule has 0 spiro atoms. The predicted molar refractivity (Wildman–Crippen MR) is 91.5 cm³/mol. The van der Waals surface area contributed by atoms with Crippen molar-refractivity contribution < 1.29 is 14.3 Å². The number of rotatable bonds is 5. The van der Waals surface area contributed by atoms with E-state index in [1.807, 2.05) is 6.92 Å². The van der Waals surface area contributed by atoms with Crippen LogP contribution in [0.2, 0.25) is 5.02 Å². The molecule has 1 N–H and O–H groups in total. The van der Waals surface area contributed by atoms with Crippen LogP contribution in [0.25, 0.3) is 0 Å². The number of nitrogens with one attached hydrogen (secondary N) is 1. The number of Topliss-reactive ketones (excluding diaryl/α,β-unsaturated/α-hetero) is 1. The number of amides is 1. The summed E-state index contributed by atoms with van der Waals surface area (Å²) in [7, 11) is 1.54. The third-order valence-corrected chi connectivity index (χ3v) is 3.74. The molecule has 0 aliphatic carbocycles. The quantitative estimate of drug-likeness (QED) is 0.841. The Balaban J connectivity index is 2.19. The van der Waals surface area contributed by atoms with Crippen molar-refractivity contribution in [2.45, 2.75) is 20.3 Å². The van der Waals surface area contributed by atoms with Crippen molar-refractivity contribution in [2.75, 3.05) is 12.4 Å². The summed E-state index contributed by atoms with van der Waals surface area (Å²) in [4.78, 5) is 23.8. The normalized spacial score (nSPS) is 10.3. The average molecular weight is 332 g/mol. The van der Waals surface area contributed by atoms with Crippen molar-refractivity contribution in [3.8, 4) is 5.75 Å². The lowest BCUT2D eigenvalue weighted by molar-refractivity contribution is -0.115. The van der Waals surface area contributed by atoms with Gasteiger partial charge in [-0.1, -0.05) is 11.6 Å². The minimum absolute atomic E-state index is 0.0529. The standard InChI is InChI=1S/C18H18ClNO3/c1-11-8-15(19)5-6-16(11)20-18(22)10-14-9-13(12(2)21)4-7-17(14)23-3/h4-9H,10H2,1-3H3,(H,20,22). The minimum Gasteiger partial charge on any atom is -0.496 e. The average Bonchev–Trinajstić information content (AvgIpc) is 2.50. The fourth-order valence-corrected chi connectivity index (χ4v) is 2.50. The molecule has 0 aliphatic heterocycles. The zero-order valence-corrected chi connectivity index (χ0v) is 14.0. The van der Waals surface area contributed by atoms with Crippen molar-refractivity contribution in [1.82, 2.24) is 0 Å². The Morgan fingerprint density at radius 1 is 1.17 bits per heavy atom. The summed E-state index contributed by atoms with van der Waals surface area (Å²) in [5.41, 5.74) is 2.82. The molecule has 2 aromatic rings. The van der Waals surface area contributed by atoms with E-state index in [4.69, 9.17) is 16.3 Å². The van der Waals surface area contributed by atoms with Crippen LogP contribution in [0.1, 0.15) is 28.4 Å². The molecule has 0 aliphatic rings. The predicted octanol–water partition coefficient (Wildman–Crippen LogP) is 4.04. The second-order valence-corrected chi connectivity index (χ2v) is 5.70. The number of hydrogen-bond acceptors (Lipinski definition) is 3. The molecule has 0 fully saturated rings. The molecule has 2 aromatic carbocycles. The molecule has 0 saturated heterocycles. The molecule has 4 nitrogen and oxygen atoms in total. The van der Waals surface area contributed by atoms with Gasteiger partial charge in [0.15, 0.2) is 5.78 Å². The number of carbonyl (C=O) groups excluding carboxylic acids is 2. The highest BCUT2D eigenvalue weighted by atomic mass is 35.5. The topological polar surface area (TPSA) is 55.4 Å². The number of ether oxygens (including phenoxy) is 1. The lowest BCUT2D eigenvalue weighted by atomic mass is 10.0. The van der Waals surface area contributed by atoms with Crippen LogP contribution >= 0.6 is 11.6 Å². The van der Waals surface area contributed by atoms with Gasteiger partial charge in [0.25, 0.3) is 0 Å². The third kappa shape index (κ3) is 4.33. The summed E-state index contributed by atoms with van der Waals surface area (Å²) in [6.45, 7) is 3.36. The first-order valence-electron chi connectivity index (χ1n) is 7.14. The summed E-state index contributed by atoms with van der Waals surface area (Å²) in [6.07, 6.45) is 0.117. The Morgan fingerprint density at radius 2 is 1.91 bits per heavy atom. The van der Waals surface area contributed by atoms with Gasteiger partial charge in [0.2, 0.25) is 5.91 Å². The van der Waals surface area contributed by atoms with Crippen LogP contribution in [0.5, 0.6) is 5.75 Å². The maximum absolute atomic E-state index is 12.3. The smallest absolute Gasteiger partial charge is 0.228 e. The fourth-order valence-electron chi connectivity index (χ4n) is 2.27. The molecule has 5 heteroatoms. The number of anilines is 1. The highest BCUT2D eigenvalue weighted by Gasteiger charge is 2.12. The minimum atomic E-state index is -0.186. The zero-order chi connectivity index (χ0) is 17.0. The highest BCUT2D eigenvalue weighted by Crippen LogP contribution is 2.23. The van der Waals surface area contributed by atoms with Crippen LogP contribution in [-0.4, -0.2) is 18.8 Å². The number of methoxy groups -OCH3 is 1. The van der Waals surface area contributed by atoms with Gasteiger partial charge in [-0.15, -0.1) is 0 Å². The lowest BCUT2D eigenvalue weighted by Crippen LogP contribution is -2.16. The van der Waals surface area contributed by atoms with E-state index in [1.54, 1.807) is 36.4 Å². The molecule has 0 radical (unpaired) electrons. The van der Waals surface area contributed by atoms with E-state index in [-0.39, 0.29) is 18.1 Å². The van der Waals surface area contributed by atoms with Crippen LogP contribution in [0.3, 0.4) is 0 Å². The first kappa shape index (κ1) is 17.0. The van der Waals surface area contributed by atoms with Crippen LogP contribution < -0.4 is 10.1 Å².